The Kier molecular flexibility index (Phi) is 5.38. The molecule has 1 aromatic heterocycles. The highest BCUT2D eigenvalue weighted by atomic mass is 32.1. The second-order valence-corrected chi connectivity index (χ2v) is 7.02. The number of hydrogen-bond acceptors (Lipinski definition) is 2. The van der Waals surface area contributed by atoms with Crippen molar-refractivity contribution in [1.82, 2.24) is 5.32 Å². The van der Waals surface area contributed by atoms with Crippen molar-refractivity contribution >= 4 is 11.3 Å². The summed E-state index contributed by atoms with van der Waals surface area (Å²) < 4.78 is 0. The van der Waals surface area contributed by atoms with Crippen LogP contribution < -0.4 is 5.32 Å². The highest BCUT2D eigenvalue weighted by Gasteiger charge is 2.23. The van der Waals surface area contributed by atoms with E-state index in [0.717, 1.165) is 0 Å². The van der Waals surface area contributed by atoms with Crippen LogP contribution in [0.15, 0.2) is 47.8 Å². The van der Waals surface area contributed by atoms with E-state index in [1.54, 1.807) is 0 Å². The SMILES string of the molecule is CC(C)C(NC(c1cccs1)C(C)C)c1ccccc1. The molecule has 0 aliphatic rings. The summed E-state index contributed by atoms with van der Waals surface area (Å²) in [5, 5.41) is 6.05. The summed E-state index contributed by atoms with van der Waals surface area (Å²) in [5.74, 6) is 1.15. The number of nitrogens with one attached hydrogen (secondary N) is 1. The molecule has 0 saturated heterocycles. The van der Waals surface area contributed by atoms with Crippen LogP contribution in [0.1, 0.15) is 50.2 Å². The maximum absolute atomic E-state index is 3.88. The first-order valence-corrected chi connectivity index (χ1v) is 8.32. The molecule has 0 amide bonds. The molecule has 108 valence electrons. The van der Waals surface area contributed by atoms with Crippen molar-refractivity contribution in [1.29, 1.82) is 0 Å². The second kappa shape index (κ2) is 7.05. The van der Waals surface area contributed by atoms with Crippen molar-refractivity contribution in [3.8, 4) is 0 Å². The van der Waals surface area contributed by atoms with Crippen LogP contribution in [0.3, 0.4) is 0 Å². The van der Waals surface area contributed by atoms with Crippen LogP contribution in [0, 0.1) is 11.8 Å². The molecule has 2 unspecified atom stereocenters. The summed E-state index contributed by atoms with van der Waals surface area (Å²) in [4.78, 5) is 1.43. The Balaban J connectivity index is 2.22. The van der Waals surface area contributed by atoms with Crippen LogP contribution >= 0.6 is 11.3 Å². The Hall–Kier alpha value is -1.12. The highest BCUT2D eigenvalue weighted by Crippen LogP contribution is 2.31. The Labute approximate surface area is 127 Å². The normalized spacial score (nSPS) is 14.7. The van der Waals surface area contributed by atoms with Crippen molar-refractivity contribution in [2.45, 2.75) is 39.8 Å². The summed E-state index contributed by atoms with van der Waals surface area (Å²) in [6.45, 7) is 9.16. The summed E-state index contributed by atoms with van der Waals surface area (Å²) in [7, 11) is 0. The number of benzene rings is 1. The first kappa shape index (κ1) is 15.3. The summed E-state index contributed by atoms with van der Waals surface area (Å²) in [6, 6.07) is 16.0. The molecular formula is C18H25NS. The molecule has 2 aromatic rings. The first-order chi connectivity index (χ1) is 9.59. The lowest BCUT2D eigenvalue weighted by molar-refractivity contribution is 0.316. The van der Waals surface area contributed by atoms with Gasteiger partial charge in [0.15, 0.2) is 0 Å². The molecule has 0 saturated carbocycles. The molecule has 0 aliphatic carbocycles. The van der Waals surface area contributed by atoms with Gasteiger partial charge in [-0.2, -0.15) is 0 Å². The number of hydrogen-bond donors (Lipinski definition) is 1. The molecule has 1 N–H and O–H groups in total. The van der Waals surface area contributed by atoms with Gasteiger partial charge in [-0.05, 0) is 28.8 Å². The lowest BCUT2D eigenvalue weighted by Crippen LogP contribution is -2.32. The van der Waals surface area contributed by atoms with Gasteiger partial charge in [0.25, 0.3) is 0 Å². The van der Waals surface area contributed by atoms with Gasteiger partial charge in [-0.15, -0.1) is 11.3 Å². The van der Waals surface area contributed by atoms with E-state index >= 15 is 0 Å². The predicted molar refractivity (Wildman–Crippen MR) is 89.1 cm³/mol. The van der Waals surface area contributed by atoms with Crippen LogP contribution in [0.4, 0.5) is 0 Å². The fraction of sp³-hybridized carbons (Fsp3) is 0.444. The van der Waals surface area contributed by atoms with Crippen LogP contribution in [-0.2, 0) is 0 Å². The molecule has 1 nitrogen and oxygen atoms in total. The Morgan fingerprint density at radius 1 is 0.800 bits per heavy atom. The van der Waals surface area contributed by atoms with Crippen molar-refractivity contribution < 1.29 is 0 Å². The molecule has 0 aliphatic heterocycles. The van der Waals surface area contributed by atoms with Crippen LogP contribution in [0.2, 0.25) is 0 Å². The summed E-state index contributed by atoms with van der Waals surface area (Å²) in [5.41, 5.74) is 1.38. The van der Waals surface area contributed by atoms with Crippen LogP contribution in [-0.4, -0.2) is 0 Å². The van der Waals surface area contributed by atoms with Gasteiger partial charge < -0.3 is 5.32 Å². The molecule has 2 heteroatoms. The topological polar surface area (TPSA) is 12.0 Å². The van der Waals surface area contributed by atoms with Gasteiger partial charge in [-0.1, -0.05) is 64.1 Å². The molecule has 1 aromatic carbocycles. The third-order valence-corrected chi connectivity index (χ3v) is 4.66. The highest BCUT2D eigenvalue weighted by molar-refractivity contribution is 7.10. The van der Waals surface area contributed by atoms with Gasteiger partial charge in [-0.25, -0.2) is 0 Å². The third kappa shape index (κ3) is 3.71. The zero-order valence-electron chi connectivity index (χ0n) is 12.8. The van der Waals surface area contributed by atoms with E-state index in [9.17, 15) is 0 Å². The molecule has 0 radical (unpaired) electrons. The van der Waals surface area contributed by atoms with E-state index in [2.05, 4.69) is 80.9 Å². The molecule has 2 rings (SSSR count). The fourth-order valence-electron chi connectivity index (χ4n) is 2.60. The van der Waals surface area contributed by atoms with E-state index < -0.39 is 0 Å². The molecular weight excluding hydrogens is 262 g/mol. The van der Waals surface area contributed by atoms with Crippen molar-refractivity contribution in [2.24, 2.45) is 11.8 Å². The molecule has 1 heterocycles. The maximum atomic E-state index is 3.88. The zero-order valence-corrected chi connectivity index (χ0v) is 13.7. The average molecular weight is 287 g/mol. The molecule has 20 heavy (non-hydrogen) atoms. The molecule has 0 spiro atoms. The molecule has 0 fully saturated rings. The largest absolute Gasteiger partial charge is 0.302 e. The van der Waals surface area contributed by atoms with Crippen molar-refractivity contribution in [3.05, 3.63) is 58.3 Å². The minimum atomic E-state index is 0.394. The molecule has 2 atom stereocenters. The van der Waals surface area contributed by atoms with Gasteiger partial charge in [0, 0.05) is 17.0 Å². The minimum absolute atomic E-state index is 0.394. The quantitative estimate of drug-likeness (QED) is 0.746. The lowest BCUT2D eigenvalue weighted by atomic mass is 9.93. The maximum Gasteiger partial charge on any atom is 0.0442 e. The first-order valence-electron chi connectivity index (χ1n) is 7.44. The standard InChI is InChI=1S/C18H25NS/c1-13(2)17(15-9-6-5-7-10-15)19-18(14(3)4)16-11-8-12-20-16/h5-14,17-19H,1-4H3. The van der Waals surface area contributed by atoms with E-state index in [4.69, 9.17) is 0 Å². The van der Waals surface area contributed by atoms with E-state index in [1.165, 1.54) is 10.4 Å². The van der Waals surface area contributed by atoms with Gasteiger partial charge in [0.05, 0.1) is 0 Å². The van der Waals surface area contributed by atoms with Crippen LogP contribution in [0.5, 0.6) is 0 Å². The minimum Gasteiger partial charge on any atom is -0.302 e. The van der Waals surface area contributed by atoms with E-state index in [0.29, 0.717) is 23.9 Å². The van der Waals surface area contributed by atoms with E-state index in [-0.39, 0.29) is 0 Å². The smallest absolute Gasteiger partial charge is 0.0442 e. The van der Waals surface area contributed by atoms with Gasteiger partial charge >= 0.3 is 0 Å². The number of thiophene rings is 1. The van der Waals surface area contributed by atoms with E-state index in [1.807, 2.05) is 11.3 Å². The van der Waals surface area contributed by atoms with Gasteiger partial charge in [0.1, 0.15) is 0 Å². The van der Waals surface area contributed by atoms with Gasteiger partial charge in [-0.3, -0.25) is 0 Å². The zero-order chi connectivity index (χ0) is 14.5. The lowest BCUT2D eigenvalue weighted by Gasteiger charge is -2.30. The fourth-order valence-corrected chi connectivity index (χ4v) is 3.56. The second-order valence-electron chi connectivity index (χ2n) is 6.04. The monoisotopic (exact) mass is 287 g/mol. The van der Waals surface area contributed by atoms with Crippen molar-refractivity contribution in [3.63, 3.8) is 0 Å². The Morgan fingerprint density at radius 3 is 1.95 bits per heavy atom. The predicted octanol–water partition coefficient (Wildman–Crippen LogP) is 5.43. The summed E-state index contributed by atoms with van der Waals surface area (Å²) in [6.07, 6.45) is 0. The summed E-state index contributed by atoms with van der Waals surface area (Å²) >= 11 is 1.85. The average Bonchev–Trinajstić information content (AvgIpc) is 2.93. The molecule has 0 bridgehead atoms. The number of rotatable bonds is 6. The van der Waals surface area contributed by atoms with Crippen LogP contribution in [0.25, 0.3) is 0 Å². The van der Waals surface area contributed by atoms with Crippen molar-refractivity contribution in [2.75, 3.05) is 0 Å². The Bertz CT molecular complexity index is 487. The third-order valence-electron chi connectivity index (χ3n) is 3.70. The van der Waals surface area contributed by atoms with Gasteiger partial charge in [0.2, 0.25) is 0 Å². The Morgan fingerprint density at radius 2 is 1.45 bits per heavy atom.